The number of carbonyl (C=O) groups excluding carboxylic acids is 1. The molecule has 8 heteroatoms. The molecule has 1 aromatic heterocycles. The predicted molar refractivity (Wildman–Crippen MR) is 109 cm³/mol. The van der Waals surface area contributed by atoms with Crippen molar-refractivity contribution in [1.82, 2.24) is 20.2 Å². The molecular weight excluding hydrogens is 376 g/mol. The Morgan fingerprint density at radius 1 is 1.07 bits per heavy atom. The van der Waals surface area contributed by atoms with Crippen LogP contribution in [0.4, 0.5) is 11.4 Å². The topological polar surface area (TPSA) is 75.9 Å². The van der Waals surface area contributed by atoms with E-state index in [2.05, 4.69) is 25.7 Å². The summed E-state index contributed by atoms with van der Waals surface area (Å²) >= 11 is 6.18. The summed E-state index contributed by atoms with van der Waals surface area (Å²) in [5.41, 5.74) is 3.56. The zero-order valence-electron chi connectivity index (χ0n) is 15.4. The fraction of sp³-hybridized carbons (Fsp3) is 0.300. The molecule has 1 aliphatic heterocycles. The molecule has 28 heavy (non-hydrogen) atoms. The Kier molecular flexibility index (Phi) is 5.53. The average Bonchev–Trinajstić information content (AvgIpc) is 3.24. The molecule has 3 aromatic rings. The van der Waals surface area contributed by atoms with E-state index in [1.807, 2.05) is 42.5 Å². The van der Waals surface area contributed by atoms with Crippen LogP contribution in [0.25, 0.3) is 5.69 Å². The van der Waals surface area contributed by atoms with Gasteiger partial charge in [0.1, 0.15) is 6.33 Å². The Morgan fingerprint density at radius 2 is 1.86 bits per heavy atom. The maximum absolute atomic E-state index is 12.6. The molecule has 144 valence electrons. The third-order valence-electron chi connectivity index (χ3n) is 4.84. The number of rotatable bonds is 5. The van der Waals surface area contributed by atoms with Crippen LogP contribution in [0.1, 0.15) is 24.8 Å². The number of nitrogens with one attached hydrogen (secondary N) is 1. The van der Waals surface area contributed by atoms with Crippen LogP contribution in [0, 0.1) is 0 Å². The molecule has 1 N–H and O–H groups in total. The summed E-state index contributed by atoms with van der Waals surface area (Å²) in [7, 11) is 0. The van der Waals surface area contributed by atoms with Crippen molar-refractivity contribution in [2.24, 2.45) is 0 Å². The van der Waals surface area contributed by atoms with Gasteiger partial charge in [-0.25, -0.2) is 4.68 Å². The fourth-order valence-electron chi connectivity index (χ4n) is 3.44. The van der Waals surface area contributed by atoms with Gasteiger partial charge in [-0.2, -0.15) is 0 Å². The first kappa shape index (κ1) is 18.4. The lowest BCUT2D eigenvalue weighted by Gasteiger charge is -2.30. The first-order valence-corrected chi connectivity index (χ1v) is 9.73. The van der Waals surface area contributed by atoms with Gasteiger partial charge < -0.3 is 10.2 Å². The number of hydrogen-bond acceptors (Lipinski definition) is 5. The Labute approximate surface area is 168 Å². The number of piperidine rings is 1. The monoisotopic (exact) mass is 396 g/mol. The molecule has 1 aliphatic rings. The van der Waals surface area contributed by atoms with Crippen molar-refractivity contribution in [3.63, 3.8) is 0 Å². The Hall–Kier alpha value is -2.93. The van der Waals surface area contributed by atoms with Crippen LogP contribution >= 0.6 is 11.6 Å². The van der Waals surface area contributed by atoms with Crippen LogP contribution in [-0.4, -0.2) is 39.2 Å². The number of amides is 1. The molecule has 2 aromatic carbocycles. The van der Waals surface area contributed by atoms with Gasteiger partial charge in [0.25, 0.3) is 0 Å². The second-order valence-corrected chi connectivity index (χ2v) is 7.29. The van der Waals surface area contributed by atoms with Gasteiger partial charge in [-0.1, -0.05) is 23.7 Å². The van der Waals surface area contributed by atoms with Crippen LogP contribution in [0.3, 0.4) is 0 Å². The van der Waals surface area contributed by atoms with Gasteiger partial charge in [0.15, 0.2) is 0 Å². The summed E-state index contributed by atoms with van der Waals surface area (Å²) in [6.07, 6.45) is 5.41. The Morgan fingerprint density at radius 3 is 2.57 bits per heavy atom. The molecule has 2 heterocycles. The summed E-state index contributed by atoms with van der Waals surface area (Å²) in [6, 6.07) is 13.3. The van der Waals surface area contributed by atoms with E-state index in [4.69, 9.17) is 11.6 Å². The molecule has 0 saturated carbocycles. The van der Waals surface area contributed by atoms with E-state index in [0.717, 1.165) is 35.7 Å². The molecule has 1 saturated heterocycles. The second-order valence-electron chi connectivity index (χ2n) is 6.85. The number of tetrazole rings is 1. The zero-order chi connectivity index (χ0) is 19.3. The second kappa shape index (κ2) is 8.39. The van der Waals surface area contributed by atoms with Crippen molar-refractivity contribution in [1.29, 1.82) is 0 Å². The summed E-state index contributed by atoms with van der Waals surface area (Å²) in [4.78, 5) is 14.9. The van der Waals surface area contributed by atoms with E-state index in [9.17, 15) is 4.79 Å². The predicted octanol–water partition coefficient (Wildman–Crippen LogP) is 3.49. The van der Waals surface area contributed by atoms with E-state index in [1.165, 1.54) is 25.6 Å². The van der Waals surface area contributed by atoms with Gasteiger partial charge >= 0.3 is 0 Å². The highest BCUT2D eigenvalue weighted by Gasteiger charge is 2.16. The van der Waals surface area contributed by atoms with Crippen molar-refractivity contribution >= 4 is 28.9 Å². The maximum atomic E-state index is 12.6. The highest BCUT2D eigenvalue weighted by molar-refractivity contribution is 6.31. The fourth-order valence-corrected chi connectivity index (χ4v) is 3.62. The van der Waals surface area contributed by atoms with E-state index in [0.29, 0.717) is 5.02 Å². The molecule has 0 bridgehead atoms. The first-order valence-electron chi connectivity index (χ1n) is 9.36. The standard InChI is InChI=1S/C20H21ClN6O/c21-16-6-9-19(26-10-2-1-3-11-26)18(13-16)23-20(28)12-15-4-7-17(8-5-15)27-14-22-24-25-27/h4-9,13-14H,1-3,10-12H2,(H,23,28). The molecule has 0 radical (unpaired) electrons. The number of carbonyl (C=O) groups is 1. The molecule has 7 nitrogen and oxygen atoms in total. The van der Waals surface area contributed by atoms with E-state index >= 15 is 0 Å². The van der Waals surface area contributed by atoms with Crippen molar-refractivity contribution in [2.45, 2.75) is 25.7 Å². The molecular formula is C20H21ClN6O. The summed E-state index contributed by atoms with van der Waals surface area (Å²) in [5, 5.41) is 14.8. The SMILES string of the molecule is O=C(Cc1ccc(-n2cnnn2)cc1)Nc1cc(Cl)ccc1N1CCCCC1. The number of hydrogen-bond donors (Lipinski definition) is 1. The van der Waals surface area contributed by atoms with Crippen LogP contribution in [-0.2, 0) is 11.2 Å². The summed E-state index contributed by atoms with van der Waals surface area (Å²) in [5.74, 6) is -0.0734. The van der Waals surface area contributed by atoms with Crippen LogP contribution in [0.2, 0.25) is 5.02 Å². The lowest BCUT2D eigenvalue weighted by molar-refractivity contribution is -0.115. The van der Waals surface area contributed by atoms with Gasteiger partial charge in [-0.05, 0) is 65.6 Å². The number of benzene rings is 2. The lowest BCUT2D eigenvalue weighted by Crippen LogP contribution is -2.30. The number of anilines is 2. The molecule has 0 spiro atoms. The average molecular weight is 397 g/mol. The minimum Gasteiger partial charge on any atom is -0.370 e. The highest BCUT2D eigenvalue weighted by Crippen LogP contribution is 2.31. The van der Waals surface area contributed by atoms with Crippen LogP contribution < -0.4 is 10.2 Å². The summed E-state index contributed by atoms with van der Waals surface area (Å²) in [6.45, 7) is 2.01. The number of aromatic nitrogens is 4. The van der Waals surface area contributed by atoms with Crippen molar-refractivity contribution in [2.75, 3.05) is 23.3 Å². The third-order valence-corrected chi connectivity index (χ3v) is 5.08. The number of nitrogens with zero attached hydrogens (tertiary/aromatic N) is 5. The van der Waals surface area contributed by atoms with Gasteiger partial charge in [-0.3, -0.25) is 4.79 Å². The lowest BCUT2D eigenvalue weighted by atomic mass is 10.1. The maximum Gasteiger partial charge on any atom is 0.228 e. The Bertz CT molecular complexity index is 936. The largest absolute Gasteiger partial charge is 0.370 e. The van der Waals surface area contributed by atoms with Crippen LogP contribution in [0.5, 0.6) is 0 Å². The van der Waals surface area contributed by atoms with Gasteiger partial charge in [-0.15, -0.1) is 5.10 Å². The molecule has 1 amide bonds. The Balaban J connectivity index is 1.45. The normalized spacial score (nSPS) is 14.1. The molecule has 1 fully saturated rings. The number of halogens is 1. The first-order chi connectivity index (χ1) is 13.7. The van der Waals surface area contributed by atoms with Crippen LogP contribution in [0.15, 0.2) is 48.8 Å². The van der Waals surface area contributed by atoms with Crippen molar-refractivity contribution < 1.29 is 4.79 Å². The zero-order valence-corrected chi connectivity index (χ0v) is 16.1. The third kappa shape index (κ3) is 4.31. The quantitative estimate of drug-likeness (QED) is 0.714. The van der Waals surface area contributed by atoms with Gasteiger partial charge in [0.2, 0.25) is 5.91 Å². The highest BCUT2D eigenvalue weighted by atomic mass is 35.5. The molecule has 0 unspecified atom stereocenters. The van der Waals surface area contributed by atoms with Crippen molar-refractivity contribution in [3.05, 3.63) is 59.4 Å². The van der Waals surface area contributed by atoms with E-state index < -0.39 is 0 Å². The van der Waals surface area contributed by atoms with E-state index in [-0.39, 0.29) is 12.3 Å². The molecule has 0 atom stereocenters. The van der Waals surface area contributed by atoms with Crippen molar-refractivity contribution in [3.8, 4) is 5.69 Å². The van der Waals surface area contributed by atoms with Gasteiger partial charge in [0, 0.05) is 18.1 Å². The molecule has 0 aliphatic carbocycles. The minimum absolute atomic E-state index is 0.0734. The van der Waals surface area contributed by atoms with Gasteiger partial charge in [0.05, 0.1) is 23.5 Å². The van der Waals surface area contributed by atoms with E-state index in [1.54, 1.807) is 4.68 Å². The summed E-state index contributed by atoms with van der Waals surface area (Å²) < 4.78 is 1.57. The minimum atomic E-state index is -0.0734. The smallest absolute Gasteiger partial charge is 0.228 e. The molecule has 4 rings (SSSR count).